The molecule has 30 heavy (non-hydrogen) atoms. The minimum atomic E-state index is -1.20. The number of aliphatic carboxylic acids is 1. The Morgan fingerprint density at radius 1 is 1.23 bits per heavy atom. The summed E-state index contributed by atoms with van der Waals surface area (Å²) in [6.45, 7) is 5.17. The van der Waals surface area contributed by atoms with Crippen molar-refractivity contribution in [2.45, 2.75) is 45.8 Å². The maximum Gasteiger partial charge on any atom is 0.339 e. The molecule has 2 rings (SSSR count). The first-order chi connectivity index (χ1) is 14.1. The van der Waals surface area contributed by atoms with Gasteiger partial charge in [0.15, 0.2) is 6.10 Å². The molecule has 0 saturated carbocycles. The molecule has 2 atom stereocenters. The van der Waals surface area contributed by atoms with Crippen LogP contribution in [-0.4, -0.2) is 41.7 Å². The van der Waals surface area contributed by atoms with E-state index >= 15 is 0 Å². The van der Waals surface area contributed by atoms with Gasteiger partial charge in [-0.3, -0.25) is 4.79 Å². The highest BCUT2D eigenvalue weighted by Crippen LogP contribution is 2.24. The summed E-state index contributed by atoms with van der Waals surface area (Å²) in [5, 5.41) is 14.8. The van der Waals surface area contributed by atoms with Crippen LogP contribution in [0.1, 0.15) is 30.9 Å². The van der Waals surface area contributed by atoms with E-state index in [0.29, 0.717) is 23.3 Å². The Hall–Kier alpha value is -3.56. The number of aryl methyl sites for hydroxylation is 1. The van der Waals surface area contributed by atoms with Gasteiger partial charge >= 0.3 is 17.6 Å². The van der Waals surface area contributed by atoms with Crippen molar-refractivity contribution in [1.29, 1.82) is 0 Å². The minimum absolute atomic E-state index is 0.105. The number of benzene rings is 1. The summed E-state index contributed by atoms with van der Waals surface area (Å²) in [5.41, 5.74) is 6.15. The summed E-state index contributed by atoms with van der Waals surface area (Å²) in [5.74, 6) is -1.52. The van der Waals surface area contributed by atoms with E-state index in [1.807, 2.05) is 6.92 Å². The third kappa shape index (κ3) is 5.72. The van der Waals surface area contributed by atoms with Crippen molar-refractivity contribution in [1.82, 2.24) is 10.6 Å². The van der Waals surface area contributed by atoms with Crippen LogP contribution < -0.4 is 26.7 Å². The molecule has 0 aliphatic heterocycles. The second kappa shape index (κ2) is 9.77. The number of fused-ring (bicyclic) bond motifs is 1. The van der Waals surface area contributed by atoms with Crippen LogP contribution in [0.4, 0.5) is 4.79 Å². The molecule has 0 saturated heterocycles. The summed E-state index contributed by atoms with van der Waals surface area (Å²) in [7, 11) is 0. The molecule has 10 heteroatoms. The third-order valence-corrected chi connectivity index (χ3v) is 4.69. The van der Waals surface area contributed by atoms with Crippen LogP contribution in [0.25, 0.3) is 11.0 Å². The molecule has 0 unspecified atom stereocenters. The Kier molecular flexibility index (Phi) is 7.40. The SMILES string of the molecule is Cc1c(C)c2ccc(O[C@H](C)C(=O)N[C@H](CCCNC(N)=O)C(=O)O)cc2oc1=O. The summed E-state index contributed by atoms with van der Waals surface area (Å²) in [4.78, 5) is 46.2. The van der Waals surface area contributed by atoms with E-state index in [9.17, 15) is 24.3 Å². The third-order valence-electron chi connectivity index (χ3n) is 4.69. The standard InChI is InChI=1S/C20H25N3O7/c1-10-11(2)19(27)30-16-9-13(6-7-14(10)16)29-12(3)17(24)23-15(18(25)26)5-4-8-22-20(21)28/h6-7,9,12,15H,4-5,8H2,1-3H3,(H,23,24)(H,25,26)(H3,21,22,28)/t12-,15-/m1/s1. The molecule has 0 aliphatic rings. The number of hydrogen-bond acceptors (Lipinski definition) is 6. The molecule has 1 aromatic carbocycles. The van der Waals surface area contributed by atoms with Gasteiger partial charge in [0.1, 0.15) is 17.4 Å². The lowest BCUT2D eigenvalue weighted by atomic mass is 10.1. The Bertz CT molecular complexity index is 1020. The highest BCUT2D eigenvalue weighted by atomic mass is 16.5. The molecule has 0 bridgehead atoms. The number of nitrogens with two attached hydrogens (primary N) is 1. The van der Waals surface area contributed by atoms with Crippen LogP contribution in [-0.2, 0) is 9.59 Å². The van der Waals surface area contributed by atoms with Crippen LogP contribution in [0.3, 0.4) is 0 Å². The van der Waals surface area contributed by atoms with E-state index in [-0.39, 0.29) is 13.0 Å². The summed E-state index contributed by atoms with van der Waals surface area (Å²) in [6.07, 6.45) is -0.572. The smallest absolute Gasteiger partial charge is 0.339 e. The van der Waals surface area contributed by atoms with Gasteiger partial charge < -0.3 is 30.6 Å². The highest BCUT2D eigenvalue weighted by Gasteiger charge is 2.24. The van der Waals surface area contributed by atoms with Crippen molar-refractivity contribution in [3.63, 3.8) is 0 Å². The van der Waals surface area contributed by atoms with Crippen molar-refractivity contribution in [2.24, 2.45) is 5.73 Å². The lowest BCUT2D eigenvalue weighted by Gasteiger charge is -2.19. The van der Waals surface area contributed by atoms with E-state index in [2.05, 4.69) is 10.6 Å². The molecule has 0 spiro atoms. The average Bonchev–Trinajstić information content (AvgIpc) is 2.67. The number of carbonyl (C=O) groups excluding carboxylic acids is 2. The fourth-order valence-electron chi connectivity index (χ4n) is 2.82. The Balaban J connectivity index is 2.03. The number of nitrogens with one attached hydrogen (secondary N) is 2. The largest absolute Gasteiger partial charge is 0.481 e. The number of ether oxygens (including phenoxy) is 1. The van der Waals surface area contributed by atoms with Crippen LogP contribution >= 0.6 is 0 Å². The van der Waals surface area contributed by atoms with Crippen molar-refractivity contribution in [2.75, 3.05) is 6.54 Å². The molecule has 162 valence electrons. The molecule has 1 aromatic heterocycles. The van der Waals surface area contributed by atoms with Gasteiger partial charge in [-0.2, -0.15) is 0 Å². The van der Waals surface area contributed by atoms with E-state index < -0.39 is 35.7 Å². The van der Waals surface area contributed by atoms with Crippen LogP contribution in [0.15, 0.2) is 27.4 Å². The Labute approximate surface area is 172 Å². The van der Waals surface area contributed by atoms with Crippen molar-refractivity contribution in [3.8, 4) is 5.75 Å². The molecule has 0 aliphatic carbocycles. The molecule has 2 aromatic rings. The molecule has 3 amide bonds. The van der Waals surface area contributed by atoms with Gasteiger partial charge in [-0.15, -0.1) is 0 Å². The number of amides is 3. The van der Waals surface area contributed by atoms with Crippen LogP contribution in [0, 0.1) is 13.8 Å². The number of carboxylic acids is 1. The van der Waals surface area contributed by atoms with E-state index in [1.165, 1.54) is 13.0 Å². The number of carboxylic acid groups (broad SMARTS) is 1. The predicted molar refractivity (Wildman–Crippen MR) is 108 cm³/mol. The van der Waals surface area contributed by atoms with Gasteiger partial charge in [0.2, 0.25) is 0 Å². The lowest BCUT2D eigenvalue weighted by Crippen LogP contribution is -2.46. The highest BCUT2D eigenvalue weighted by molar-refractivity contribution is 5.86. The first-order valence-electron chi connectivity index (χ1n) is 9.37. The number of rotatable bonds is 9. The van der Waals surface area contributed by atoms with Crippen molar-refractivity contribution < 1.29 is 28.6 Å². The minimum Gasteiger partial charge on any atom is -0.481 e. The molecule has 0 fully saturated rings. The van der Waals surface area contributed by atoms with Crippen molar-refractivity contribution in [3.05, 3.63) is 39.7 Å². The van der Waals surface area contributed by atoms with Crippen LogP contribution in [0.2, 0.25) is 0 Å². The van der Waals surface area contributed by atoms with Gasteiger partial charge in [0.05, 0.1) is 0 Å². The average molecular weight is 419 g/mol. The quantitative estimate of drug-likeness (QED) is 0.351. The normalized spacial score (nSPS) is 12.8. The monoisotopic (exact) mass is 419 g/mol. The van der Waals surface area contributed by atoms with E-state index in [4.69, 9.17) is 14.9 Å². The summed E-state index contributed by atoms with van der Waals surface area (Å²) >= 11 is 0. The molecule has 10 nitrogen and oxygen atoms in total. The molecular weight excluding hydrogens is 394 g/mol. The first kappa shape index (κ1) is 22.7. The Morgan fingerprint density at radius 3 is 2.57 bits per heavy atom. The summed E-state index contributed by atoms with van der Waals surface area (Å²) < 4.78 is 10.9. The molecule has 1 heterocycles. The lowest BCUT2D eigenvalue weighted by molar-refractivity contribution is -0.143. The zero-order chi connectivity index (χ0) is 22.4. The molecule has 5 N–H and O–H groups in total. The number of hydrogen-bond donors (Lipinski definition) is 4. The van der Waals surface area contributed by atoms with Crippen molar-refractivity contribution >= 4 is 28.9 Å². The van der Waals surface area contributed by atoms with Gasteiger partial charge in [-0.1, -0.05) is 0 Å². The summed E-state index contributed by atoms with van der Waals surface area (Å²) in [6, 6.07) is 3.04. The predicted octanol–water partition coefficient (Wildman–Crippen LogP) is 1.20. The number of primary amides is 1. The van der Waals surface area contributed by atoms with Gasteiger partial charge in [0, 0.05) is 23.6 Å². The topological polar surface area (TPSA) is 161 Å². The first-order valence-corrected chi connectivity index (χ1v) is 9.37. The molecular formula is C20H25N3O7. The van der Waals surface area contributed by atoms with E-state index in [0.717, 1.165) is 10.9 Å². The number of carbonyl (C=O) groups is 3. The van der Waals surface area contributed by atoms with Gasteiger partial charge in [-0.25, -0.2) is 14.4 Å². The van der Waals surface area contributed by atoms with Gasteiger partial charge in [0.25, 0.3) is 5.91 Å². The molecule has 0 radical (unpaired) electrons. The zero-order valence-corrected chi connectivity index (χ0v) is 17.0. The fourth-order valence-corrected chi connectivity index (χ4v) is 2.82. The fraction of sp³-hybridized carbons (Fsp3) is 0.400. The second-order valence-electron chi connectivity index (χ2n) is 6.89. The maximum atomic E-state index is 12.4. The zero-order valence-electron chi connectivity index (χ0n) is 17.0. The number of urea groups is 1. The second-order valence-corrected chi connectivity index (χ2v) is 6.89. The maximum absolute atomic E-state index is 12.4. The van der Waals surface area contributed by atoms with Gasteiger partial charge in [-0.05, 0) is 51.3 Å². The van der Waals surface area contributed by atoms with Crippen LogP contribution in [0.5, 0.6) is 5.75 Å². The Morgan fingerprint density at radius 2 is 1.93 bits per heavy atom. The van der Waals surface area contributed by atoms with E-state index in [1.54, 1.807) is 19.1 Å².